The van der Waals surface area contributed by atoms with E-state index in [1.54, 1.807) is 0 Å². The van der Waals surface area contributed by atoms with Gasteiger partial charge in [0.1, 0.15) is 0 Å². The highest BCUT2D eigenvalue weighted by Gasteiger charge is 2.23. The molecule has 1 nitrogen and oxygen atoms in total. The molecule has 8 aromatic carbocycles. The van der Waals surface area contributed by atoms with Crippen molar-refractivity contribution in [3.63, 3.8) is 0 Å². The lowest BCUT2D eigenvalue weighted by atomic mass is 9.82. The first kappa shape index (κ1) is 35.7. The molecular formula is C56H45N. The van der Waals surface area contributed by atoms with Crippen molar-refractivity contribution in [2.45, 2.75) is 27.7 Å². The Balaban J connectivity index is 1.38. The number of benzene rings is 8. The normalized spacial score (nSPS) is 12.4. The average Bonchev–Trinajstić information content (AvgIpc) is 3.62. The van der Waals surface area contributed by atoms with Gasteiger partial charge in [0.25, 0.3) is 0 Å². The predicted octanol–water partition coefficient (Wildman–Crippen LogP) is 14.6. The SMILES string of the molecule is Cc1ccc(/C(=C(/c2ccccc2)c2ccc3[nH]c4cc(C)c(/C(=C(\c5ccccc5)c5ccccc5C)c5ccccc5)cc4c3c2C)c2ccccc2)cc1. The minimum atomic E-state index is 1.14. The highest BCUT2D eigenvalue weighted by molar-refractivity contribution is 6.15. The molecule has 0 saturated carbocycles. The first-order valence-electron chi connectivity index (χ1n) is 19.9. The molecule has 0 aliphatic carbocycles. The van der Waals surface area contributed by atoms with E-state index in [0.717, 1.165) is 11.0 Å². The molecule has 9 rings (SSSR count). The fraction of sp³-hybridized carbons (Fsp3) is 0.0714. The molecule has 0 radical (unpaired) electrons. The van der Waals surface area contributed by atoms with Crippen LogP contribution in [-0.2, 0) is 0 Å². The zero-order valence-electron chi connectivity index (χ0n) is 33.0. The second-order valence-corrected chi connectivity index (χ2v) is 15.1. The summed E-state index contributed by atoms with van der Waals surface area (Å²) in [5.74, 6) is 0. The lowest BCUT2D eigenvalue weighted by Gasteiger charge is -2.21. The molecule has 1 N–H and O–H groups in total. The van der Waals surface area contributed by atoms with Crippen LogP contribution in [0.25, 0.3) is 44.1 Å². The van der Waals surface area contributed by atoms with Crippen molar-refractivity contribution < 1.29 is 0 Å². The van der Waals surface area contributed by atoms with Crippen LogP contribution in [0.5, 0.6) is 0 Å². The monoisotopic (exact) mass is 731 g/mol. The predicted molar refractivity (Wildman–Crippen MR) is 243 cm³/mol. The largest absolute Gasteiger partial charge is 0.354 e. The fourth-order valence-corrected chi connectivity index (χ4v) is 8.62. The number of aromatic nitrogens is 1. The summed E-state index contributed by atoms with van der Waals surface area (Å²) in [4.78, 5) is 3.84. The van der Waals surface area contributed by atoms with Crippen molar-refractivity contribution in [2.24, 2.45) is 0 Å². The molecule has 0 atom stereocenters. The number of H-pyrrole nitrogens is 1. The van der Waals surface area contributed by atoms with E-state index >= 15 is 0 Å². The average molecular weight is 732 g/mol. The van der Waals surface area contributed by atoms with Crippen molar-refractivity contribution in [1.82, 2.24) is 4.98 Å². The van der Waals surface area contributed by atoms with Gasteiger partial charge in [-0.05, 0) is 129 Å². The van der Waals surface area contributed by atoms with Gasteiger partial charge in [0, 0.05) is 21.8 Å². The van der Waals surface area contributed by atoms with Crippen molar-refractivity contribution in [2.75, 3.05) is 0 Å². The highest BCUT2D eigenvalue weighted by Crippen LogP contribution is 2.44. The maximum atomic E-state index is 3.84. The van der Waals surface area contributed by atoms with Gasteiger partial charge in [0.2, 0.25) is 0 Å². The molecule has 0 fully saturated rings. The minimum Gasteiger partial charge on any atom is -0.354 e. The number of aryl methyl sites for hydroxylation is 4. The van der Waals surface area contributed by atoms with Gasteiger partial charge in [0.15, 0.2) is 0 Å². The molecule has 0 amide bonds. The van der Waals surface area contributed by atoms with Crippen molar-refractivity contribution in [1.29, 1.82) is 0 Å². The van der Waals surface area contributed by atoms with E-state index in [1.165, 1.54) is 99.8 Å². The van der Waals surface area contributed by atoms with Gasteiger partial charge in [0.05, 0.1) is 0 Å². The molecule has 1 heteroatoms. The van der Waals surface area contributed by atoms with Crippen LogP contribution in [0.15, 0.2) is 194 Å². The number of hydrogen-bond donors (Lipinski definition) is 1. The maximum absolute atomic E-state index is 3.84. The highest BCUT2D eigenvalue weighted by atomic mass is 14.7. The Labute approximate surface area is 336 Å². The molecule has 0 aliphatic heterocycles. The Morgan fingerprint density at radius 2 is 0.789 bits per heavy atom. The smallest absolute Gasteiger partial charge is 0.0468 e. The second kappa shape index (κ2) is 15.3. The first-order valence-corrected chi connectivity index (χ1v) is 19.9. The molecule has 0 unspecified atom stereocenters. The van der Waals surface area contributed by atoms with Crippen LogP contribution in [0.3, 0.4) is 0 Å². The quantitative estimate of drug-likeness (QED) is 0.150. The molecule has 57 heavy (non-hydrogen) atoms. The Hall–Kier alpha value is -6.96. The summed E-state index contributed by atoms with van der Waals surface area (Å²) in [6.07, 6.45) is 0. The number of nitrogens with one attached hydrogen (secondary N) is 1. The van der Waals surface area contributed by atoms with Gasteiger partial charge in [-0.15, -0.1) is 0 Å². The van der Waals surface area contributed by atoms with Gasteiger partial charge in [-0.2, -0.15) is 0 Å². The number of fused-ring (bicyclic) bond motifs is 3. The van der Waals surface area contributed by atoms with Gasteiger partial charge in [-0.3, -0.25) is 0 Å². The minimum absolute atomic E-state index is 1.14. The number of rotatable bonds is 8. The summed E-state index contributed by atoms with van der Waals surface area (Å²) in [6, 6.07) is 70.8. The zero-order chi connectivity index (χ0) is 38.9. The van der Waals surface area contributed by atoms with Crippen molar-refractivity contribution in [3.8, 4) is 0 Å². The van der Waals surface area contributed by atoms with Gasteiger partial charge in [-0.1, -0.05) is 181 Å². The second-order valence-electron chi connectivity index (χ2n) is 15.1. The Kier molecular flexibility index (Phi) is 9.58. The van der Waals surface area contributed by atoms with Crippen LogP contribution >= 0.6 is 0 Å². The maximum Gasteiger partial charge on any atom is 0.0468 e. The van der Waals surface area contributed by atoms with E-state index in [2.05, 4.69) is 227 Å². The van der Waals surface area contributed by atoms with E-state index in [4.69, 9.17) is 0 Å². The van der Waals surface area contributed by atoms with Crippen LogP contribution in [0.4, 0.5) is 0 Å². The molecule has 274 valence electrons. The molecule has 9 aromatic rings. The van der Waals surface area contributed by atoms with Crippen molar-refractivity contribution >= 4 is 44.1 Å². The molecule has 0 aliphatic rings. The molecule has 0 saturated heterocycles. The summed E-state index contributed by atoms with van der Waals surface area (Å²) in [5.41, 5.74) is 21.8. The standard InChI is InChI=1S/C56H45N/c1-37-29-31-45(32-30-37)53(41-20-9-5-10-21-41)55(43-24-13-7-14-25-43)47-33-34-50-52(40(47)4)49-36-48(39(3)35-51(49)57-50)56(44-26-15-8-16-27-44)54(42-22-11-6-12-23-42)46-28-18-17-19-38(46)2/h5-36,57H,1-4H3/b55-53-,56-54+. The summed E-state index contributed by atoms with van der Waals surface area (Å²) in [5, 5.41) is 2.47. The van der Waals surface area contributed by atoms with Crippen molar-refractivity contribution in [3.05, 3.63) is 261 Å². The van der Waals surface area contributed by atoms with E-state index in [9.17, 15) is 0 Å². The van der Waals surface area contributed by atoms with Crippen LogP contribution < -0.4 is 0 Å². The van der Waals surface area contributed by atoms with Crippen LogP contribution in [0, 0.1) is 27.7 Å². The third-order valence-corrected chi connectivity index (χ3v) is 11.4. The van der Waals surface area contributed by atoms with E-state index < -0.39 is 0 Å². The fourth-order valence-electron chi connectivity index (χ4n) is 8.62. The van der Waals surface area contributed by atoms with E-state index in [0.29, 0.717) is 0 Å². The number of hydrogen-bond acceptors (Lipinski definition) is 0. The summed E-state index contributed by atoms with van der Waals surface area (Å²) in [7, 11) is 0. The first-order chi connectivity index (χ1) is 28.0. The van der Waals surface area contributed by atoms with E-state index in [-0.39, 0.29) is 0 Å². The molecule has 0 bridgehead atoms. The number of aromatic amines is 1. The Bertz CT molecular complexity index is 2930. The van der Waals surface area contributed by atoms with E-state index in [1.807, 2.05) is 0 Å². The van der Waals surface area contributed by atoms with Crippen LogP contribution in [0.1, 0.15) is 66.8 Å². The molecule has 0 spiro atoms. The van der Waals surface area contributed by atoms with Gasteiger partial charge in [-0.25, -0.2) is 0 Å². The van der Waals surface area contributed by atoms with Crippen LogP contribution in [-0.4, -0.2) is 4.98 Å². The molecule has 1 aromatic heterocycles. The van der Waals surface area contributed by atoms with Crippen LogP contribution in [0.2, 0.25) is 0 Å². The lowest BCUT2D eigenvalue weighted by molar-refractivity contribution is 1.39. The van der Waals surface area contributed by atoms with Gasteiger partial charge < -0.3 is 4.98 Å². The van der Waals surface area contributed by atoms with Gasteiger partial charge >= 0.3 is 0 Å². The summed E-state index contributed by atoms with van der Waals surface area (Å²) >= 11 is 0. The zero-order valence-corrected chi connectivity index (χ0v) is 33.0. The Morgan fingerprint density at radius 3 is 1.33 bits per heavy atom. The Morgan fingerprint density at radius 1 is 0.333 bits per heavy atom. The molecular weight excluding hydrogens is 687 g/mol. The third kappa shape index (κ3) is 6.72. The topological polar surface area (TPSA) is 15.8 Å². The third-order valence-electron chi connectivity index (χ3n) is 11.4. The lowest BCUT2D eigenvalue weighted by Crippen LogP contribution is -2.01. The summed E-state index contributed by atoms with van der Waals surface area (Å²) in [6.45, 7) is 8.94. The molecule has 1 heterocycles. The summed E-state index contributed by atoms with van der Waals surface area (Å²) < 4.78 is 0.